The van der Waals surface area contributed by atoms with E-state index in [4.69, 9.17) is 0 Å². The van der Waals surface area contributed by atoms with Crippen LogP contribution in [0.3, 0.4) is 0 Å². The van der Waals surface area contributed by atoms with Crippen molar-refractivity contribution in [3.63, 3.8) is 0 Å². The quantitative estimate of drug-likeness (QED) is 0.486. The molecule has 0 saturated carbocycles. The van der Waals surface area contributed by atoms with Crippen LogP contribution in [0.2, 0.25) is 0 Å². The van der Waals surface area contributed by atoms with Gasteiger partial charge in [0.05, 0.1) is 30.7 Å². The lowest BCUT2D eigenvalue weighted by molar-refractivity contribution is -0.130. The number of aromatic nitrogens is 2. The van der Waals surface area contributed by atoms with Crippen LogP contribution >= 0.6 is 0 Å². The van der Waals surface area contributed by atoms with Crippen LogP contribution in [-0.2, 0) is 33.5 Å². The van der Waals surface area contributed by atoms with Crippen LogP contribution in [0.15, 0.2) is 66.0 Å². The van der Waals surface area contributed by atoms with Gasteiger partial charge in [0.1, 0.15) is 5.82 Å². The standard InChI is InChI=1S/C24H28FN3O3S/c1-18(2)14-27(19(3)29)16-23-13-26-24(28(23)15-20-7-5-4-6-8-20)32(30,31)17-21-9-11-22(25)12-10-21/h4-13,18H,14-17H2,1-3H3. The molecule has 0 spiro atoms. The molecular weight excluding hydrogens is 429 g/mol. The van der Waals surface area contributed by atoms with Crippen LogP contribution in [0, 0.1) is 11.7 Å². The molecule has 8 heteroatoms. The maximum absolute atomic E-state index is 13.3. The average molecular weight is 458 g/mol. The number of benzene rings is 2. The van der Waals surface area contributed by atoms with Gasteiger partial charge in [0.15, 0.2) is 0 Å². The van der Waals surface area contributed by atoms with Gasteiger partial charge in [0, 0.05) is 13.5 Å². The van der Waals surface area contributed by atoms with Crippen LogP contribution in [0.1, 0.15) is 37.6 Å². The lowest BCUT2D eigenvalue weighted by Gasteiger charge is -2.24. The zero-order valence-corrected chi connectivity index (χ0v) is 19.3. The summed E-state index contributed by atoms with van der Waals surface area (Å²) in [6.07, 6.45) is 1.52. The molecule has 0 N–H and O–H groups in total. The van der Waals surface area contributed by atoms with Crippen molar-refractivity contribution in [3.8, 4) is 0 Å². The summed E-state index contributed by atoms with van der Waals surface area (Å²) in [5.74, 6) is -0.526. The van der Waals surface area contributed by atoms with Crippen LogP contribution in [0.25, 0.3) is 0 Å². The smallest absolute Gasteiger partial charge is 0.228 e. The van der Waals surface area contributed by atoms with E-state index in [9.17, 15) is 17.6 Å². The Morgan fingerprint density at radius 1 is 1.06 bits per heavy atom. The summed E-state index contributed by atoms with van der Waals surface area (Å²) in [5, 5.41) is -0.0614. The fraction of sp³-hybridized carbons (Fsp3) is 0.333. The Morgan fingerprint density at radius 3 is 2.31 bits per heavy atom. The minimum Gasteiger partial charge on any atom is -0.337 e. The maximum Gasteiger partial charge on any atom is 0.228 e. The largest absolute Gasteiger partial charge is 0.337 e. The number of nitrogens with zero attached hydrogens (tertiary/aromatic N) is 3. The van der Waals surface area contributed by atoms with Crippen LogP contribution in [0.5, 0.6) is 0 Å². The predicted octanol–water partition coefficient (Wildman–Crippen LogP) is 4.05. The van der Waals surface area contributed by atoms with E-state index in [0.717, 1.165) is 5.56 Å². The summed E-state index contributed by atoms with van der Waals surface area (Å²) < 4.78 is 41.4. The van der Waals surface area contributed by atoms with Crippen molar-refractivity contribution in [2.45, 2.75) is 44.8 Å². The first-order valence-corrected chi connectivity index (χ1v) is 12.1. The van der Waals surface area contributed by atoms with Gasteiger partial charge in [-0.1, -0.05) is 56.3 Å². The number of carbonyl (C=O) groups excluding carboxylic acids is 1. The number of halogens is 1. The molecule has 1 aromatic heterocycles. The highest BCUT2D eigenvalue weighted by Crippen LogP contribution is 2.21. The third kappa shape index (κ3) is 6.03. The molecule has 3 rings (SSSR count). The third-order valence-electron chi connectivity index (χ3n) is 5.02. The summed E-state index contributed by atoms with van der Waals surface area (Å²) in [5.41, 5.74) is 2.04. The molecule has 0 aliphatic heterocycles. The molecule has 3 aromatic rings. The van der Waals surface area contributed by atoms with E-state index in [1.807, 2.05) is 44.2 Å². The van der Waals surface area contributed by atoms with Crippen LogP contribution < -0.4 is 0 Å². The van der Waals surface area contributed by atoms with E-state index in [0.29, 0.717) is 24.3 Å². The lowest BCUT2D eigenvalue weighted by Crippen LogP contribution is -2.32. The summed E-state index contributed by atoms with van der Waals surface area (Å²) in [7, 11) is -3.81. The van der Waals surface area contributed by atoms with E-state index in [1.54, 1.807) is 9.47 Å². The number of amides is 1. The molecule has 1 amide bonds. The van der Waals surface area contributed by atoms with Gasteiger partial charge in [-0.2, -0.15) is 0 Å². The normalized spacial score (nSPS) is 11.7. The zero-order chi connectivity index (χ0) is 23.3. The molecule has 0 radical (unpaired) electrons. The number of hydrogen-bond donors (Lipinski definition) is 0. The number of imidazole rings is 1. The van der Waals surface area contributed by atoms with E-state index in [2.05, 4.69) is 4.98 Å². The Bertz CT molecular complexity index is 1160. The molecule has 0 atom stereocenters. The molecule has 0 saturated heterocycles. The van der Waals surface area contributed by atoms with Gasteiger partial charge in [0.25, 0.3) is 0 Å². The van der Waals surface area contributed by atoms with Crippen LogP contribution in [0.4, 0.5) is 4.39 Å². The first-order valence-electron chi connectivity index (χ1n) is 10.5. The topological polar surface area (TPSA) is 72.3 Å². The summed E-state index contributed by atoms with van der Waals surface area (Å²) in [4.78, 5) is 18.1. The van der Waals surface area contributed by atoms with Gasteiger partial charge in [-0.3, -0.25) is 4.79 Å². The summed E-state index contributed by atoms with van der Waals surface area (Å²) >= 11 is 0. The fourth-order valence-corrected chi connectivity index (χ4v) is 5.00. The van der Waals surface area contributed by atoms with Gasteiger partial charge in [0.2, 0.25) is 20.9 Å². The van der Waals surface area contributed by atoms with Gasteiger partial charge in [-0.15, -0.1) is 0 Å². The van der Waals surface area contributed by atoms with Gasteiger partial charge < -0.3 is 9.47 Å². The molecule has 0 aliphatic rings. The van der Waals surface area contributed by atoms with Gasteiger partial charge in [-0.25, -0.2) is 17.8 Å². The van der Waals surface area contributed by atoms with E-state index in [-0.39, 0.29) is 29.3 Å². The highest BCUT2D eigenvalue weighted by molar-refractivity contribution is 7.90. The molecule has 170 valence electrons. The Morgan fingerprint density at radius 2 is 1.72 bits per heavy atom. The monoisotopic (exact) mass is 457 g/mol. The van der Waals surface area contributed by atoms with Crippen molar-refractivity contribution in [3.05, 3.63) is 83.4 Å². The average Bonchev–Trinajstić information content (AvgIpc) is 3.12. The Balaban J connectivity index is 1.99. The molecule has 0 bridgehead atoms. The van der Waals surface area contributed by atoms with E-state index >= 15 is 0 Å². The van der Waals surface area contributed by atoms with Gasteiger partial charge >= 0.3 is 0 Å². The molecule has 0 fully saturated rings. The van der Waals surface area contributed by atoms with Crippen molar-refractivity contribution >= 4 is 15.7 Å². The van der Waals surface area contributed by atoms with Crippen molar-refractivity contribution in [1.29, 1.82) is 0 Å². The van der Waals surface area contributed by atoms with Crippen LogP contribution in [-0.4, -0.2) is 35.3 Å². The minimum absolute atomic E-state index is 0.0614. The van der Waals surface area contributed by atoms with Crippen molar-refractivity contribution < 1.29 is 17.6 Å². The minimum atomic E-state index is -3.81. The predicted molar refractivity (Wildman–Crippen MR) is 121 cm³/mol. The molecule has 0 aliphatic carbocycles. The molecule has 32 heavy (non-hydrogen) atoms. The van der Waals surface area contributed by atoms with Gasteiger partial charge in [-0.05, 0) is 29.2 Å². The second-order valence-corrected chi connectivity index (χ2v) is 10.2. The number of carbonyl (C=O) groups is 1. The Hall–Kier alpha value is -3.00. The molecule has 1 heterocycles. The Kier molecular flexibility index (Phi) is 7.45. The zero-order valence-electron chi connectivity index (χ0n) is 18.5. The molecule has 2 aromatic carbocycles. The van der Waals surface area contributed by atoms with E-state index in [1.165, 1.54) is 37.4 Å². The lowest BCUT2D eigenvalue weighted by atomic mass is 10.2. The first-order chi connectivity index (χ1) is 15.2. The maximum atomic E-state index is 13.3. The number of rotatable bonds is 9. The molecule has 0 unspecified atom stereocenters. The third-order valence-corrected chi connectivity index (χ3v) is 6.61. The highest BCUT2D eigenvalue weighted by atomic mass is 32.2. The summed E-state index contributed by atoms with van der Waals surface area (Å²) in [6, 6.07) is 14.9. The number of hydrogen-bond acceptors (Lipinski definition) is 4. The van der Waals surface area contributed by atoms with Crippen molar-refractivity contribution in [2.24, 2.45) is 5.92 Å². The van der Waals surface area contributed by atoms with Crippen molar-refractivity contribution in [2.75, 3.05) is 6.54 Å². The number of sulfone groups is 1. The molecular formula is C24H28FN3O3S. The fourth-order valence-electron chi connectivity index (χ4n) is 3.51. The SMILES string of the molecule is CC(=O)N(Cc1cnc(S(=O)(=O)Cc2ccc(F)cc2)n1Cc1ccccc1)CC(C)C. The second-order valence-electron chi connectivity index (χ2n) is 8.28. The highest BCUT2D eigenvalue weighted by Gasteiger charge is 2.25. The van der Waals surface area contributed by atoms with E-state index < -0.39 is 15.7 Å². The summed E-state index contributed by atoms with van der Waals surface area (Å²) in [6.45, 7) is 6.68. The Labute approximate surface area is 188 Å². The van der Waals surface area contributed by atoms with Crippen molar-refractivity contribution in [1.82, 2.24) is 14.5 Å². The molecule has 6 nitrogen and oxygen atoms in total. The second kappa shape index (κ2) is 10.1. The first kappa shape index (κ1) is 23.7.